The summed E-state index contributed by atoms with van der Waals surface area (Å²) in [6.07, 6.45) is 2.75. The van der Waals surface area contributed by atoms with E-state index in [1.807, 2.05) is 35.2 Å². The van der Waals surface area contributed by atoms with Crippen LogP contribution < -0.4 is 0 Å². The Hall–Kier alpha value is -1.59. The summed E-state index contributed by atoms with van der Waals surface area (Å²) in [5, 5.41) is 0. The summed E-state index contributed by atoms with van der Waals surface area (Å²) < 4.78 is 17.2. The van der Waals surface area contributed by atoms with Gasteiger partial charge in [-0.1, -0.05) is 30.3 Å². The first kappa shape index (κ1) is 15.0. The zero-order valence-corrected chi connectivity index (χ0v) is 13.3. The highest BCUT2D eigenvalue weighted by atomic mass is 16.7. The lowest BCUT2D eigenvalue weighted by Crippen LogP contribution is -2.52. The van der Waals surface area contributed by atoms with Crippen molar-refractivity contribution in [3.05, 3.63) is 35.9 Å². The highest BCUT2D eigenvalue weighted by Gasteiger charge is 2.48. The predicted octanol–water partition coefficient (Wildman–Crippen LogP) is 2.80. The Morgan fingerprint density at radius 1 is 1.13 bits per heavy atom. The largest absolute Gasteiger partial charge is 0.445 e. The van der Waals surface area contributed by atoms with Crippen molar-refractivity contribution in [2.75, 3.05) is 26.3 Å². The molecule has 2 atom stereocenters. The molecule has 2 saturated heterocycles. The number of carbonyl (C=O) groups is 1. The normalized spacial score (nSPS) is 28.8. The number of hydrogen-bond donors (Lipinski definition) is 0. The molecule has 0 radical (unpaired) electrons. The van der Waals surface area contributed by atoms with Crippen LogP contribution in [0.5, 0.6) is 0 Å². The SMILES string of the molecule is O=C(OCc1ccccc1)N1CC2CC(C1)CC1(C2)OCCO1. The number of rotatable bonds is 2. The third-order valence-corrected chi connectivity index (χ3v) is 5.10. The molecule has 3 aliphatic rings. The number of likely N-dealkylation sites (tertiary alicyclic amines) is 1. The predicted molar refractivity (Wildman–Crippen MR) is 83.7 cm³/mol. The van der Waals surface area contributed by atoms with E-state index >= 15 is 0 Å². The molecular weight excluding hydrogens is 294 g/mol. The average Bonchev–Trinajstić information content (AvgIpc) is 3.00. The number of hydrogen-bond acceptors (Lipinski definition) is 4. The summed E-state index contributed by atoms with van der Waals surface area (Å²) in [7, 11) is 0. The van der Waals surface area contributed by atoms with Crippen LogP contribution in [-0.2, 0) is 20.8 Å². The molecule has 1 aromatic carbocycles. The van der Waals surface area contributed by atoms with Crippen molar-refractivity contribution in [3.63, 3.8) is 0 Å². The Kier molecular flexibility index (Phi) is 3.99. The van der Waals surface area contributed by atoms with Gasteiger partial charge in [-0.15, -0.1) is 0 Å². The third-order valence-electron chi connectivity index (χ3n) is 5.10. The van der Waals surface area contributed by atoms with Crippen LogP contribution in [0.4, 0.5) is 4.79 Å². The van der Waals surface area contributed by atoms with E-state index in [0.717, 1.165) is 37.9 Å². The molecule has 2 heterocycles. The Labute approximate surface area is 136 Å². The number of benzene rings is 1. The van der Waals surface area contributed by atoms with Gasteiger partial charge >= 0.3 is 6.09 Å². The fraction of sp³-hybridized carbons (Fsp3) is 0.611. The Bertz CT molecular complexity index is 539. The number of fused-ring (bicyclic) bond motifs is 2. The number of ether oxygens (including phenoxy) is 3. The van der Waals surface area contributed by atoms with Crippen LogP contribution in [0.2, 0.25) is 0 Å². The summed E-state index contributed by atoms with van der Waals surface area (Å²) in [6, 6.07) is 9.80. The second-order valence-corrected chi connectivity index (χ2v) is 6.93. The highest BCUT2D eigenvalue weighted by molar-refractivity contribution is 5.67. The molecule has 1 aliphatic carbocycles. The molecule has 23 heavy (non-hydrogen) atoms. The minimum absolute atomic E-state index is 0.201. The molecule has 2 aliphatic heterocycles. The summed E-state index contributed by atoms with van der Waals surface area (Å²) in [5.74, 6) is 0.530. The number of nitrogens with zero attached hydrogens (tertiary/aromatic N) is 1. The smallest absolute Gasteiger partial charge is 0.410 e. The molecule has 124 valence electrons. The van der Waals surface area contributed by atoms with Gasteiger partial charge in [0.25, 0.3) is 0 Å². The van der Waals surface area contributed by atoms with E-state index < -0.39 is 0 Å². The molecule has 5 nitrogen and oxygen atoms in total. The summed E-state index contributed by atoms with van der Waals surface area (Å²) in [5.41, 5.74) is 1.02. The molecule has 1 aromatic rings. The Morgan fingerprint density at radius 2 is 1.78 bits per heavy atom. The van der Waals surface area contributed by atoms with Gasteiger partial charge in [0, 0.05) is 25.9 Å². The van der Waals surface area contributed by atoms with E-state index in [4.69, 9.17) is 14.2 Å². The third kappa shape index (κ3) is 3.21. The standard InChI is InChI=1S/C18H23NO4/c20-17(21-13-14-4-2-1-3-5-14)19-11-15-8-16(12-19)10-18(9-15)22-6-7-23-18/h1-5,15-16H,6-13H2. The summed E-state index contributed by atoms with van der Waals surface area (Å²) >= 11 is 0. The first-order valence-corrected chi connectivity index (χ1v) is 8.46. The molecule has 2 unspecified atom stereocenters. The van der Waals surface area contributed by atoms with Crippen LogP contribution >= 0.6 is 0 Å². The maximum absolute atomic E-state index is 12.4. The van der Waals surface area contributed by atoms with Gasteiger partial charge in [-0.25, -0.2) is 4.79 Å². The van der Waals surface area contributed by atoms with E-state index in [2.05, 4.69) is 0 Å². The van der Waals surface area contributed by atoms with Crippen molar-refractivity contribution in [1.82, 2.24) is 4.90 Å². The topological polar surface area (TPSA) is 48.0 Å². The van der Waals surface area contributed by atoms with Gasteiger partial charge in [0.1, 0.15) is 6.61 Å². The lowest BCUT2D eigenvalue weighted by Gasteiger charge is -2.47. The van der Waals surface area contributed by atoms with Crippen LogP contribution in [0.25, 0.3) is 0 Å². The summed E-state index contributed by atoms with van der Waals surface area (Å²) in [4.78, 5) is 14.2. The van der Waals surface area contributed by atoms with E-state index in [1.54, 1.807) is 0 Å². The first-order valence-electron chi connectivity index (χ1n) is 8.46. The highest BCUT2D eigenvalue weighted by Crippen LogP contribution is 2.44. The molecule has 3 fully saturated rings. The Balaban J connectivity index is 1.34. The van der Waals surface area contributed by atoms with Crippen molar-refractivity contribution in [3.8, 4) is 0 Å². The van der Waals surface area contributed by atoms with Gasteiger partial charge in [0.2, 0.25) is 0 Å². The molecule has 2 bridgehead atoms. The quantitative estimate of drug-likeness (QED) is 0.841. The van der Waals surface area contributed by atoms with E-state index in [0.29, 0.717) is 31.7 Å². The first-order chi connectivity index (χ1) is 11.2. The van der Waals surface area contributed by atoms with E-state index in [1.165, 1.54) is 0 Å². The Morgan fingerprint density at radius 3 is 2.43 bits per heavy atom. The number of piperidine rings is 1. The average molecular weight is 317 g/mol. The molecule has 0 N–H and O–H groups in total. The van der Waals surface area contributed by atoms with Gasteiger partial charge in [-0.05, 0) is 23.8 Å². The lowest BCUT2D eigenvalue weighted by molar-refractivity contribution is -0.206. The maximum atomic E-state index is 12.4. The van der Waals surface area contributed by atoms with Crippen molar-refractivity contribution < 1.29 is 19.0 Å². The zero-order chi connectivity index (χ0) is 15.7. The van der Waals surface area contributed by atoms with Gasteiger partial charge in [-0.2, -0.15) is 0 Å². The van der Waals surface area contributed by atoms with Gasteiger partial charge in [0.15, 0.2) is 5.79 Å². The monoisotopic (exact) mass is 317 g/mol. The van der Waals surface area contributed by atoms with E-state index in [-0.39, 0.29) is 11.9 Å². The molecule has 4 rings (SSSR count). The molecule has 5 heteroatoms. The van der Waals surface area contributed by atoms with Gasteiger partial charge < -0.3 is 19.1 Å². The van der Waals surface area contributed by atoms with Crippen molar-refractivity contribution >= 4 is 6.09 Å². The van der Waals surface area contributed by atoms with Crippen LogP contribution in [0.15, 0.2) is 30.3 Å². The number of carbonyl (C=O) groups excluding carboxylic acids is 1. The van der Waals surface area contributed by atoms with Crippen molar-refractivity contribution in [2.45, 2.75) is 31.7 Å². The van der Waals surface area contributed by atoms with Crippen molar-refractivity contribution in [2.24, 2.45) is 11.8 Å². The fourth-order valence-corrected chi connectivity index (χ4v) is 4.27. The second-order valence-electron chi connectivity index (χ2n) is 6.93. The van der Waals surface area contributed by atoms with Gasteiger partial charge in [0.05, 0.1) is 13.2 Å². The fourth-order valence-electron chi connectivity index (χ4n) is 4.27. The molecular formula is C18H23NO4. The van der Waals surface area contributed by atoms with E-state index in [9.17, 15) is 4.79 Å². The van der Waals surface area contributed by atoms with Crippen LogP contribution in [-0.4, -0.2) is 43.1 Å². The lowest BCUT2D eigenvalue weighted by atomic mass is 9.74. The van der Waals surface area contributed by atoms with Crippen LogP contribution in [0.3, 0.4) is 0 Å². The molecule has 1 spiro atoms. The van der Waals surface area contributed by atoms with Gasteiger partial charge in [-0.3, -0.25) is 0 Å². The minimum Gasteiger partial charge on any atom is -0.445 e. The summed E-state index contributed by atoms with van der Waals surface area (Å²) in [6.45, 7) is 3.23. The molecule has 0 aromatic heterocycles. The molecule has 1 saturated carbocycles. The van der Waals surface area contributed by atoms with Crippen molar-refractivity contribution in [1.29, 1.82) is 0 Å². The maximum Gasteiger partial charge on any atom is 0.410 e. The molecule has 1 amide bonds. The van der Waals surface area contributed by atoms with Crippen LogP contribution in [0.1, 0.15) is 24.8 Å². The number of amides is 1. The minimum atomic E-state index is -0.367. The van der Waals surface area contributed by atoms with Crippen LogP contribution in [0, 0.1) is 11.8 Å². The second kappa shape index (κ2) is 6.13. The zero-order valence-electron chi connectivity index (χ0n) is 13.3.